The molecule has 23 heavy (non-hydrogen) atoms. The third kappa shape index (κ3) is 6.61. The average molecular weight is 318 g/mol. The van der Waals surface area contributed by atoms with Crippen LogP contribution in [0.4, 0.5) is 0 Å². The largest absolute Gasteiger partial charge is 0.494 e. The Morgan fingerprint density at radius 1 is 1.13 bits per heavy atom. The molecule has 4 heteroatoms. The molecule has 1 aliphatic heterocycles. The molecule has 1 saturated heterocycles. The van der Waals surface area contributed by atoms with E-state index < -0.39 is 0 Å². The highest BCUT2D eigenvalue weighted by atomic mass is 16.5. The van der Waals surface area contributed by atoms with E-state index in [-0.39, 0.29) is 5.91 Å². The Morgan fingerprint density at radius 2 is 1.87 bits per heavy atom. The van der Waals surface area contributed by atoms with E-state index >= 15 is 0 Å². The zero-order valence-electron chi connectivity index (χ0n) is 14.4. The smallest absolute Gasteiger partial charge is 0.251 e. The predicted octanol–water partition coefficient (Wildman–Crippen LogP) is 3.47. The van der Waals surface area contributed by atoms with Crippen molar-refractivity contribution in [3.05, 3.63) is 29.8 Å². The Bertz CT molecular complexity index is 453. The highest BCUT2D eigenvalue weighted by Crippen LogP contribution is 2.13. The molecule has 2 rings (SSSR count). The van der Waals surface area contributed by atoms with Gasteiger partial charge in [-0.05, 0) is 69.6 Å². The fourth-order valence-corrected chi connectivity index (χ4v) is 2.83. The summed E-state index contributed by atoms with van der Waals surface area (Å²) in [6.07, 6.45) is 7.20. The van der Waals surface area contributed by atoms with Gasteiger partial charge in [0.25, 0.3) is 5.91 Å². The van der Waals surface area contributed by atoms with Crippen molar-refractivity contribution in [2.75, 3.05) is 32.8 Å². The molecule has 0 atom stereocenters. The molecular weight excluding hydrogens is 288 g/mol. The molecule has 4 nitrogen and oxygen atoms in total. The number of hydrogen-bond donors (Lipinski definition) is 1. The summed E-state index contributed by atoms with van der Waals surface area (Å²) in [7, 11) is 0. The summed E-state index contributed by atoms with van der Waals surface area (Å²) < 4.78 is 5.61. The zero-order valence-corrected chi connectivity index (χ0v) is 14.4. The first-order chi connectivity index (χ1) is 11.3. The second-order valence-electron chi connectivity index (χ2n) is 6.24. The van der Waals surface area contributed by atoms with E-state index in [9.17, 15) is 4.79 Å². The molecule has 1 amide bonds. The van der Waals surface area contributed by atoms with Crippen LogP contribution in [0.1, 0.15) is 55.8 Å². The number of carbonyl (C=O) groups excluding carboxylic acids is 1. The number of hydrogen-bond acceptors (Lipinski definition) is 3. The summed E-state index contributed by atoms with van der Waals surface area (Å²) in [6, 6.07) is 7.42. The summed E-state index contributed by atoms with van der Waals surface area (Å²) in [5.41, 5.74) is 0.700. The van der Waals surface area contributed by atoms with E-state index in [0.717, 1.165) is 44.7 Å². The lowest BCUT2D eigenvalue weighted by molar-refractivity contribution is 0.0951. The second kappa shape index (κ2) is 10.3. The van der Waals surface area contributed by atoms with Crippen LogP contribution >= 0.6 is 0 Å². The van der Waals surface area contributed by atoms with Crippen molar-refractivity contribution < 1.29 is 9.53 Å². The van der Waals surface area contributed by atoms with Gasteiger partial charge in [-0.2, -0.15) is 0 Å². The molecule has 1 aromatic carbocycles. The minimum absolute atomic E-state index is 0.00347. The van der Waals surface area contributed by atoms with Gasteiger partial charge in [-0.15, -0.1) is 0 Å². The summed E-state index contributed by atoms with van der Waals surface area (Å²) in [5, 5.41) is 3.00. The Balaban J connectivity index is 1.64. The van der Waals surface area contributed by atoms with Crippen molar-refractivity contribution in [3.63, 3.8) is 0 Å². The lowest BCUT2D eigenvalue weighted by Crippen LogP contribution is -2.33. The van der Waals surface area contributed by atoms with Gasteiger partial charge in [0.1, 0.15) is 5.75 Å². The SMILES string of the molecule is CCCCOc1ccc(C(=O)NCCCN2CCCCC2)cc1. The third-order valence-corrected chi connectivity index (χ3v) is 4.27. The summed E-state index contributed by atoms with van der Waals surface area (Å²) in [4.78, 5) is 14.6. The van der Waals surface area contributed by atoms with Crippen LogP contribution < -0.4 is 10.1 Å². The number of likely N-dealkylation sites (tertiary alicyclic amines) is 1. The van der Waals surface area contributed by atoms with Gasteiger partial charge < -0.3 is 15.0 Å². The van der Waals surface area contributed by atoms with Crippen molar-refractivity contribution in [1.29, 1.82) is 0 Å². The van der Waals surface area contributed by atoms with Gasteiger partial charge in [0.05, 0.1) is 6.61 Å². The van der Waals surface area contributed by atoms with Gasteiger partial charge in [0.2, 0.25) is 0 Å². The molecule has 1 aliphatic rings. The van der Waals surface area contributed by atoms with Crippen molar-refractivity contribution in [1.82, 2.24) is 10.2 Å². The van der Waals surface area contributed by atoms with E-state index in [4.69, 9.17) is 4.74 Å². The molecule has 0 aromatic heterocycles. The first-order valence-corrected chi connectivity index (χ1v) is 9.03. The highest BCUT2D eigenvalue weighted by Gasteiger charge is 2.10. The van der Waals surface area contributed by atoms with Crippen LogP contribution in [0, 0.1) is 0 Å². The number of ether oxygens (including phenoxy) is 1. The first kappa shape index (κ1) is 17.8. The van der Waals surface area contributed by atoms with Crippen LogP contribution in [-0.4, -0.2) is 43.6 Å². The van der Waals surface area contributed by atoms with Gasteiger partial charge in [-0.3, -0.25) is 4.79 Å². The van der Waals surface area contributed by atoms with Crippen LogP contribution in [0.15, 0.2) is 24.3 Å². The van der Waals surface area contributed by atoms with Crippen LogP contribution in [0.5, 0.6) is 5.75 Å². The molecule has 1 N–H and O–H groups in total. The molecule has 0 unspecified atom stereocenters. The van der Waals surface area contributed by atoms with Crippen LogP contribution in [0.3, 0.4) is 0 Å². The summed E-state index contributed by atoms with van der Waals surface area (Å²) in [5.74, 6) is 0.837. The van der Waals surface area contributed by atoms with E-state index in [1.165, 1.54) is 32.4 Å². The predicted molar refractivity (Wildman–Crippen MR) is 94.1 cm³/mol. The van der Waals surface area contributed by atoms with Gasteiger partial charge in [0.15, 0.2) is 0 Å². The fraction of sp³-hybridized carbons (Fsp3) is 0.632. The van der Waals surface area contributed by atoms with Gasteiger partial charge in [-0.1, -0.05) is 19.8 Å². The number of rotatable bonds is 9. The first-order valence-electron chi connectivity index (χ1n) is 9.03. The molecule has 1 aromatic rings. The Morgan fingerprint density at radius 3 is 2.57 bits per heavy atom. The Labute approximate surface area is 140 Å². The topological polar surface area (TPSA) is 41.6 Å². The number of piperidine rings is 1. The van der Waals surface area contributed by atoms with Gasteiger partial charge in [-0.25, -0.2) is 0 Å². The van der Waals surface area contributed by atoms with Crippen molar-refractivity contribution >= 4 is 5.91 Å². The molecule has 1 fully saturated rings. The van der Waals surface area contributed by atoms with Crippen LogP contribution in [0.2, 0.25) is 0 Å². The molecule has 0 aliphatic carbocycles. The number of amides is 1. The van der Waals surface area contributed by atoms with Crippen molar-refractivity contribution in [2.45, 2.75) is 45.4 Å². The number of unbranched alkanes of at least 4 members (excludes halogenated alkanes) is 1. The lowest BCUT2D eigenvalue weighted by atomic mass is 10.1. The molecular formula is C19H30N2O2. The van der Waals surface area contributed by atoms with Gasteiger partial charge >= 0.3 is 0 Å². The average Bonchev–Trinajstić information content (AvgIpc) is 2.60. The maximum absolute atomic E-state index is 12.1. The fourth-order valence-electron chi connectivity index (χ4n) is 2.83. The molecule has 128 valence electrons. The number of benzene rings is 1. The highest BCUT2D eigenvalue weighted by molar-refractivity contribution is 5.94. The number of carbonyl (C=O) groups is 1. The van der Waals surface area contributed by atoms with E-state index in [1.54, 1.807) is 0 Å². The molecule has 1 heterocycles. The minimum Gasteiger partial charge on any atom is -0.494 e. The van der Waals surface area contributed by atoms with E-state index in [0.29, 0.717) is 5.56 Å². The van der Waals surface area contributed by atoms with Gasteiger partial charge in [0, 0.05) is 12.1 Å². The van der Waals surface area contributed by atoms with Crippen LogP contribution in [0.25, 0.3) is 0 Å². The second-order valence-corrected chi connectivity index (χ2v) is 6.24. The molecule has 0 saturated carbocycles. The van der Waals surface area contributed by atoms with Crippen molar-refractivity contribution in [3.8, 4) is 5.75 Å². The maximum atomic E-state index is 12.1. The molecule has 0 spiro atoms. The summed E-state index contributed by atoms with van der Waals surface area (Å²) in [6.45, 7) is 7.13. The lowest BCUT2D eigenvalue weighted by Gasteiger charge is -2.26. The normalized spacial score (nSPS) is 15.3. The standard InChI is InChI=1S/C19H30N2O2/c1-2-3-16-23-18-10-8-17(9-11-18)19(22)20-12-7-15-21-13-5-4-6-14-21/h8-11H,2-7,12-16H2,1H3,(H,20,22). The minimum atomic E-state index is 0.00347. The van der Waals surface area contributed by atoms with Crippen LogP contribution in [-0.2, 0) is 0 Å². The quantitative estimate of drug-likeness (QED) is 0.709. The zero-order chi connectivity index (χ0) is 16.3. The van der Waals surface area contributed by atoms with E-state index in [1.807, 2.05) is 24.3 Å². The maximum Gasteiger partial charge on any atom is 0.251 e. The van der Waals surface area contributed by atoms with Crippen molar-refractivity contribution in [2.24, 2.45) is 0 Å². The summed E-state index contributed by atoms with van der Waals surface area (Å²) >= 11 is 0. The Hall–Kier alpha value is -1.55. The number of nitrogens with zero attached hydrogens (tertiary/aromatic N) is 1. The van der Waals surface area contributed by atoms with E-state index in [2.05, 4.69) is 17.1 Å². The monoisotopic (exact) mass is 318 g/mol. The Kier molecular flexibility index (Phi) is 7.95. The third-order valence-electron chi connectivity index (χ3n) is 4.27. The number of nitrogens with one attached hydrogen (secondary N) is 1. The molecule has 0 radical (unpaired) electrons. The molecule has 0 bridgehead atoms.